The largest absolute Gasteiger partial charge is 0.344 e. The fourth-order valence-electron chi connectivity index (χ4n) is 2.27. The molecule has 0 aliphatic carbocycles. The van der Waals surface area contributed by atoms with Crippen LogP contribution in [-0.2, 0) is 11.2 Å². The second kappa shape index (κ2) is 7.70. The van der Waals surface area contributed by atoms with Crippen LogP contribution in [0.1, 0.15) is 15.4 Å². The summed E-state index contributed by atoms with van der Waals surface area (Å²) in [5.41, 5.74) is 3.25. The zero-order valence-corrected chi connectivity index (χ0v) is 15.4. The third-order valence-electron chi connectivity index (χ3n) is 3.75. The summed E-state index contributed by atoms with van der Waals surface area (Å²) < 4.78 is 0. The number of hydrogen-bond acceptors (Lipinski definition) is 4. The molecule has 1 aromatic carbocycles. The summed E-state index contributed by atoms with van der Waals surface area (Å²) in [6.07, 6.45) is 0.415. The molecule has 2 rings (SSSR count). The van der Waals surface area contributed by atoms with Gasteiger partial charge in [0.25, 0.3) is 0 Å². The van der Waals surface area contributed by atoms with Crippen molar-refractivity contribution in [2.75, 3.05) is 34.2 Å². The third kappa shape index (κ3) is 4.88. The number of carbonyl (C=O) groups excluding carboxylic acids is 1. The Kier molecular flexibility index (Phi) is 5.91. The molecule has 5 heteroatoms. The zero-order chi connectivity index (χ0) is 17.0. The van der Waals surface area contributed by atoms with Gasteiger partial charge >= 0.3 is 0 Å². The van der Waals surface area contributed by atoms with Crippen molar-refractivity contribution >= 4 is 17.2 Å². The van der Waals surface area contributed by atoms with Crippen LogP contribution >= 0.6 is 11.3 Å². The maximum absolute atomic E-state index is 12.5. The molecular formula is C18H25N3OS. The molecule has 0 aliphatic rings. The fourth-order valence-corrected chi connectivity index (χ4v) is 3.22. The summed E-state index contributed by atoms with van der Waals surface area (Å²) >= 11 is 1.61. The van der Waals surface area contributed by atoms with Crippen LogP contribution in [0.3, 0.4) is 0 Å². The zero-order valence-electron chi connectivity index (χ0n) is 14.6. The maximum atomic E-state index is 12.5. The van der Waals surface area contributed by atoms with Crippen LogP contribution in [-0.4, -0.2) is 54.9 Å². The first-order chi connectivity index (χ1) is 10.9. The minimum Gasteiger partial charge on any atom is -0.344 e. The van der Waals surface area contributed by atoms with Gasteiger partial charge in [0.15, 0.2) is 0 Å². The average molecular weight is 331 g/mol. The summed E-state index contributed by atoms with van der Waals surface area (Å²) in [5, 5.41) is 0.999. The van der Waals surface area contributed by atoms with Crippen LogP contribution in [0.4, 0.5) is 0 Å². The summed E-state index contributed by atoms with van der Waals surface area (Å²) in [7, 11) is 5.89. The minimum atomic E-state index is 0.142. The van der Waals surface area contributed by atoms with Crippen LogP contribution in [0.25, 0.3) is 11.3 Å². The van der Waals surface area contributed by atoms with Crippen molar-refractivity contribution in [1.82, 2.24) is 14.8 Å². The Labute approximate surface area is 142 Å². The quantitative estimate of drug-likeness (QED) is 0.816. The van der Waals surface area contributed by atoms with Crippen LogP contribution in [0.5, 0.6) is 0 Å². The molecule has 0 fully saturated rings. The highest BCUT2D eigenvalue weighted by atomic mass is 32.1. The van der Waals surface area contributed by atoms with Crippen LogP contribution in [0, 0.1) is 13.8 Å². The van der Waals surface area contributed by atoms with E-state index in [0.29, 0.717) is 6.42 Å². The molecule has 1 aromatic heterocycles. The predicted molar refractivity (Wildman–Crippen MR) is 96.9 cm³/mol. The first kappa shape index (κ1) is 17.6. The number of carbonyl (C=O) groups is 1. The first-order valence-electron chi connectivity index (χ1n) is 7.79. The van der Waals surface area contributed by atoms with Crippen LogP contribution in [0.15, 0.2) is 24.3 Å². The number of aryl methyl sites for hydroxylation is 2. The van der Waals surface area contributed by atoms with Crippen molar-refractivity contribution in [2.45, 2.75) is 20.3 Å². The lowest BCUT2D eigenvalue weighted by Crippen LogP contribution is -2.34. The first-order valence-corrected chi connectivity index (χ1v) is 8.60. The van der Waals surface area contributed by atoms with Gasteiger partial charge in [0, 0.05) is 30.6 Å². The number of rotatable bonds is 6. The van der Waals surface area contributed by atoms with E-state index in [1.165, 1.54) is 5.56 Å². The molecule has 0 bridgehead atoms. The maximum Gasteiger partial charge on any atom is 0.227 e. The van der Waals surface area contributed by atoms with E-state index in [0.717, 1.165) is 34.2 Å². The standard InChI is InChI=1S/C18H25N3OS/c1-13-6-8-15(9-7-13)18-16(23-14(2)19-18)12-17(22)21(5)11-10-20(3)4/h6-9H,10-12H2,1-5H3. The third-order valence-corrected chi connectivity index (χ3v) is 4.72. The Balaban J connectivity index is 2.14. The molecule has 0 spiro atoms. The van der Waals surface area contributed by atoms with E-state index >= 15 is 0 Å². The Bertz CT molecular complexity index is 661. The van der Waals surface area contributed by atoms with E-state index in [4.69, 9.17) is 0 Å². The average Bonchev–Trinajstić information content (AvgIpc) is 2.86. The van der Waals surface area contributed by atoms with E-state index in [1.807, 2.05) is 28.1 Å². The molecule has 124 valence electrons. The van der Waals surface area contributed by atoms with Crippen molar-refractivity contribution in [1.29, 1.82) is 0 Å². The van der Waals surface area contributed by atoms with Gasteiger partial charge in [-0.2, -0.15) is 0 Å². The smallest absolute Gasteiger partial charge is 0.227 e. The number of likely N-dealkylation sites (N-methyl/N-ethyl adjacent to an activating group) is 2. The van der Waals surface area contributed by atoms with Gasteiger partial charge in [0.05, 0.1) is 17.1 Å². The Morgan fingerprint density at radius 2 is 1.74 bits per heavy atom. The minimum absolute atomic E-state index is 0.142. The summed E-state index contributed by atoms with van der Waals surface area (Å²) in [6, 6.07) is 8.32. The number of benzene rings is 1. The monoisotopic (exact) mass is 331 g/mol. The number of amides is 1. The van der Waals surface area contributed by atoms with E-state index in [9.17, 15) is 4.79 Å². The molecule has 4 nitrogen and oxygen atoms in total. The topological polar surface area (TPSA) is 36.4 Å². The van der Waals surface area contributed by atoms with Crippen LogP contribution in [0.2, 0.25) is 0 Å². The number of hydrogen-bond donors (Lipinski definition) is 0. The van der Waals surface area contributed by atoms with Crippen molar-refractivity contribution in [2.24, 2.45) is 0 Å². The molecule has 0 aliphatic heterocycles. The number of thiazole rings is 1. The Morgan fingerprint density at radius 3 is 2.35 bits per heavy atom. The number of nitrogens with zero attached hydrogens (tertiary/aromatic N) is 3. The predicted octanol–water partition coefficient (Wildman–Crippen LogP) is 2.99. The van der Waals surface area contributed by atoms with E-state index in [2.05, 4.69) is 41.1 Å². The molecule has 0 unspecified atom stereocenters. The van der Waals surface area contributed by atoms with Gasteiger partial charge in [-0.25, -0.2) is 4.98 Å². The van der Waals surface area contributed by atoms with Gasteiger partial charge in [-0.1, -0.05) is 29.8 Å². The molecular weight excluding hydrogens is 306 g/mol. The van der Waals surface area contributed by atoms with Gasteiger partial charge in [-0.05, 0) is 27.9 Å². The van der Waals surface area contributed by atoms with Crippen molar-refractivity contribution in [3.05, 3.63) is 39.7 Å². The SMILES string of the molecule is Cc1ccc(-c2nc(C)sc2CC(=O)N(C)CCN(C)C)cc1. The van der Waals surface area contributed by atoms with E-state index in [-0.39, 0.29) is 5.91 Å². The molecule has 0 N–H and O–H groups in total. The van der Waals surface area contributed by atoms with Gasteiger partial charge in [0.1, 0.15) is 0 Å². The summed E-state index contributed by atoms with van der Waals surface area (Å²) in [6.45, 7) is 5.67. The molecule has 23 heavy (non-hydrogen) atoms. The lowest BCUT2D eigenvalue weighted by Gasteiger charge is -2.19. The molecule has 0 atom stereocenters. The highest BCUT2D eigenvalue weighted by molar-refractivity contribution is 7.12. The molecule has 1 heterocycles. The summed E-state index contributed by atoms with van der Waals surface area (Å²) in [5.74, 6) is 0.142. The number of aromatic nitrogens is 1. The fraction of sp³-hybridized carbons (Fsp3) is 0.444. The highest BCUT2D eigenvalue weighted by Gasteiger charge is 2.17. The van der Waals surface area contributed by atoms with Crippen LogP contribution < -0.4 is 0 Å². The lowest BCUT2D eigenvalue weighted by atomic mass is 10.1. The van der Waals surface area contributed by atoms with Gasteiger partial charge in [0.2, 0.25) is 5.91 Å². The second-order valence-electron chi connectivity index (χ2n) is 6.17. The molecule has 0 saturated carbocycles. The van der Waals surface area contributed by atoms with Gasteiger partial charge in [-0.3, -0.25) is 4.79 Å². The Hall–Kier alpha value is -1.72. The Morgan fingerprint density at radius 1 is 1.09 bits per heavy atom. The van der Waals surface area contributed by atoms with Gasteiger partial charge in [-0.15, -0.1) is 11.3 Å². The van der Waals surface area contributed by atoms with E-state index in [1.54, 1.807) is 16.2 Å². The highest BCUT2D eigenvalue weighted by Crippen LogP contribution is 2.29. The molecule has 2 aromatic rings. The molecule has 1 amide bonds. The van der Waals surface area contributed by atoms with Crippen molar-refractivity contribution in [3.63, 3.8) is 0 Å². The second-order valence-corrected chi connectivity index (χ2v) is 7.45. The molecule has 0 saturated heterocycles. The van der Waals surface area contributed by atoms with E-state index < -0.39 is 0 Å². The normalized spacial score (nSPS) is 11.0. The van der Waals surface area contributed by atoms with Gasteiger partial charge < -0.3 is 9.80 Å². The van der Waals surface area contributed by atoms with Crippen molar-refractivity contribution in [3.8, 4) is 11.3 Å². The summed E-state index contributed by atoms with van der Waals surface area (Å²) in [4.78, 5) is 22.0. The molecule has 0 radical (unpaired) electrons. The van der Waals surface area contributed by atoms with Crippen molar-refractivity contribution < 1.29 is 4.79 Å². The lowest BCUT2D eigenvalue weighted by molar-refractivity contribution is -0.129.